The molecule has 4 nitrogen and oxygen atoms in total. The van der Waals surface area contributed by atoms with E-state index in [2.05, 4.69) is 4.90 Å². The van der Waals surface area contributed by atoms with E-state index in [9.17, 15) is 14.3 Å². The third kappa shape index (κ3) is 4.41. The normalized spacial score (nSPS) is 23.3. The van der Waals surface area contributed by atoms with Gasteiger partial charge in [-0.05, 0) is 61.7 Å². The molecule has 2 aliphatic heterocycles. The number of aliphatic hydroxyl groups is 1. The van der Waals surface area contributed by atoms with Crippen LogP contribution < -0.4 is 0 Å². The molecule has 1 N–H and O–H groups in total. The molecule has 144 valence electrons. The van der Waals surface area contributed by atoms with E-state index in [-0.39, 0.29) is 29.7 Å². The summed E-state index contributed by atoms with van der Waals surface area (Å²) in [6, 6.07) is 6.82. The molecule has 1 unspecified atom stereocenters. The van der Waals surface area contributed by atoms with Gasteiger partial charge in [0.15, 0.2) is 0 Å². The molecule has 1 spiro atoms. The van der Waals surface area contributed by atoms with E-state index in [1.54, 1.807) is 23.9 Å². The van der Waals surface area contributed by atoms with Gasteiger partial charge in [0.25, 0.3) is 0 Å². The maximum atomic E-state index is 13.4. The van der Waals surface area contributed by atoms with E-state index in [0.29, 0.717) is 12.3 Å². The lowest BCUT2D eigenvalue weighted by Gasteiger charge is -2.51. The molecule has 1 aromatic carbocycles. The molecule has 0 aromatic heterocycles. The zero-order valence-corrected chi connectivity index (χ0v) is 16.3. The van der Waals surface area contributed by atoms with Crippen LogP contribution in [0.4, 0.5) is 4.39 Å². The molecule has 0 bridgehead atoms. The van der Waals surface area contributed by atoms with Crippen molar-refractivity contribution in [1.29, 1.82) is 0 Å². The number of thioether (sulfide) groups is 1. The van der Waals surface area contributed by atoms with E-state index in [0.717, 1.165) is 51.0 Å². The summed E-state index contributed by atoms with van der Waals surface area (Å²) in [5, 5.41) is 9.97. The standard InChI is InChI=1S/C20H29FN2O2S/c1-26-15-19(25)23-10-7-20(17(13-23)14-24)5-8-22(9-6-20)12-16-3-2-4-18(21)11-16/h2-4,11,17,24H,5-10,12-15H2,1H3. The Bertz CT molecular complexity index is 620. The molecular formula is C20H29FN2O2S. The highest BCUT2D eigenvalue weighted by molar-refractivity contribution is 7.99. The van der Waals surface area contributed by atoms with Crippen LogP contribution in [-0.4, -0.2) is 65.6 Å². The largest absolute Gasteiger partial charge is 0.396 e. The highest BCUT2D eigenvalue weighted by atomic mass is 32.2. The zero-order chi connectivity index (χ0) is 18.6. The van der Waals surface area contributed by atoms with Gasteiger partial charge in [-0.3, -0.25) is 9.69 Å². The quantitative estimate of drug-likeness (QED) is 0.853. The summed E-state index contributed by atoms with van der Waals surface area (Å²) in [4.78, 5) is 16.5. The highest BCUT2D eigenvalue weighted by Gasteiger charge is 2.45. The molecule has 1 amide bonds. The second kappa shape index (κ2) is 8.72. The van der Waals surface area contributed by atoms with Gasteiger partial charge in [-0.25, -0.2) is 4.39 Å². The SMILES string of the molecule is CSCC(=O)N1CCC2(CCN(Cc3cccc(F)c3)CC2)C(CO)C1. The molecule has 2 aliphatic rings. The van der Waals surface area contributed by atoms with E-state index >= 15 is 0 Å². The van der Waals surface area contributed by atoms with Crippen molar-refractivity contribution in [3.63, 3.8) is 0 Å². The van der Waals surface area contributed by atoms with Crippen molar-refractivity contribution in [2.24, 2.45) is 11.3 Å². The van der Waals surface area contributed by atoms with Crippen molar-refractivity contribution in [3.05, 3.63) is 35.6 Å². The van der Waals surface area contributed by atoms with Gasteiger partial charge in [0.1, 0.15) is 5.82 Å². The van der Waals surface area contributed by atoms with Gasteiger partial charge in [-0.1, -0.05) is 12.1 Å². The number of hydrogen-bond donors (Lipinski definition) is 1. The smallest absolute Gasteiger partial charge is 0.232 e. The van der Waals surface area contributed by atoms with Gasteiger partial charge in [-0.2, -0.15) is 11.8 Å². The Morgan fingerprint density at radius 2 is 2.04 bits per heavy atom. The summed E-state index contributed by atoms with van der Waals surface area (Å²) in [6.07, 6.45) is 5.00. The molecular weight excluding hydrogens is 351 g/mol. The molecule has 2 heterocycles. The van der Waals surface area contributed by atoms with Crippen LogP contribution >= 0.6 is 11.8 Å². The van der Waals surface area contributed by atoms with Gasteiger partial charge >= 0.3 is 0 Å². The number of hydrogen-bond acceptors (Lipinski definition) is 4. The summed E-state index contributed by atoms with van der Waals surface area (Å²) in [7, 11) is 0. The fraction of sp³-hybridized carbons (Fsp3) is 0.650. The number of likely N-dealkylation sites (tertiary alicyclic amines) is 2. The Morgan fingerprint density at radius 1 is 1.31 bits per heavy atom. The van der Waals surface area contributed by atoms with Gasteiger partial charge in [0.05, 0.1) is 5.75 Å². The van der Waals surface area contributed by atoms with Crippen LogP contribution in [0.3, 0.4) is 0 Å². The predicted molar refractivity (Wildman–Crippen MR) is 103 cm³/mol. The van der Waals surface area contributed by atoms with Crippen LogP contribution in [0.25, 0.3) is 0 Å². The van der Waals surface area contributed by atoms with Crippen LogP contribution in [0.2, 0.25) is 0 Å². The summed E-state index contributed by atoms with van der Waals surface area (Å²) < 4.78 is 13.4. The van der Waals surface area contributed by atoms with Gasteiger partial charge in [0.2, 0.25) is 5.91 Å². The first-order chi connectivity index (χ1) is 12.6. The number of piperidine rings is 2. The van der Waals surface area contributed by atoms with Crippen molar-refractivity contribution in [3.8, 4) is 0 Å². The van der Waals surface area contributed by atoms with Crippen molar-refractivity contribution in [1.82, 2.24) is 9.80 Å². The number of aliphatic hydroxyl groups excluding tert-OH is 1. The molecule has 3 rings (SSSR count). The van der Waals surface area contributed by atoms with Crippen molar-refractivity contribution in [2.45, 2.75) is 25.8 Å². The van der Waals surface area contributed by atoms with Crippen molar-refractivity contribution in [2.75, 3.05) is 44.8 Å². The number of carbonyl (C=O) groups excluding carboxylic acids is 1. The topological polar surface area (TPSA) is 43.8 Å². The first-order valence-electron chi connectivity index (χ1n) is 9.41. The lowest BCUT2D eigenvalue weighted by molar-refractivity contribution is -0.135. The molecule has 0 radical (unpaired) electrons. The third-order valence-electron chi connectivity index (χ3n) is 6.17. The van der Waals surface area contributed by atoms with Crippen molar-refractivity contribution < 1.29 is 14.3 Å². The summed E-state index contributed by atoms with van der Waals surface area (Å²) in [6.45, 7) is 4.33. The van der Waals surface area contributed by atoms with Crippen molar-refractivity contribution >= 4 is 17.7 Å². The van der Waals surface area contributed by atoms with E-state index in [4.69, 9.17) is 0 Å². The maximum absolute atomic E-state index is 13.4. The molecule has 2 fully saturated rings. The average molecular weight is 381 g/mol. The van der Waals surface area contributed by atoms with Gasteiger partial charge in [0, 0.05) is 32.2 Å². The molecule has 1 aromatic rings. The number of halogens is 1. The van der Waals surface area contributed by atoms with Crippen LogP contribution in [0.5, 0.6) is 0 Å². The number of benzene rings is 1. The minimum absolute atomic E-state index is 0.142. The first kappa shape index (κ1) is 19.6. The Hall–Kier alpha value is -1.11. The maximum Gasteiger partial charge on any atom is 0.232 e. The van der Waals surface area contributed by atoms with E-state index in [1.165, 1.54) is 6.07 Å². The third-order valence-corrected chi connectivity index (χ3v) is 6.71. The molecule has 0 aliphatic carbocycles. The summed E-state index contributed by atoms with van der Waals surface area (Å²) in [5.41, 5.74) is 1.15. The number of nitrogens with zero attached hydrogens (tertiary/aromatic N) is 2. The number of amides is 1. The molecule has 26 heavy (non-hydrogen) atoms. The lowest BCUT2D eigenvalue weighted by atomic mass is 9.64. The first-order valence-corrected chi connectivity index (χ1v) is 10.8. The highest BCUT2D eigenvalue weighted by Crippen LogP contribution is 2.45. The Labute approximate surface area is 159 Å². The molecule has 2 saturated heterocycles. The Balaban J connectivity index is 1.58. The van der Waals surface area contributed by atoms with Crippen LogP contribution in [0, 0.1) is 17.2 Å². The average Bonchev–Trinajstić information content (AvgIpc) is 2.64. The Kier molecular flexibility index (Phi) is 6.59. The fourth-order valence-corrected chi connectivity index (χ4v) is 4.94. The van der Waals surface area contributed by atoms with Gasteiger partial charge in [-0.15, -0.1) is 0 Å². The van der Waals surface area contributed by atoms with E-state index in [1.807, 2.05) is 17.2 Å². The number of rotatable bonds is 5. The molecule has 1 atom stereocenters. The summed E-state index contributed by atoms with van der Waals surface area (Å²) >= 11 is 1.55. The van der Waals surface area contributed by atoms with E-state index < -0.39 is 0 Å². The van der Waals surface area contributed by atoms with Crippen LogP contribution in [0.1, 0.15) is 24.8 Å². The second-order valence-electron chi connectivity index (χ2n) is 7.67. The monoisotopic (exact) mass is 380 g/mol. The molecule has 6 heteroatoms. The zero-order valence-electron chi connectivity index (χ0n) is 15.5. The number of carbonyl (C=O) groups is 1. The lowest BCUT2D eigenvalue weighted by Crippen LogP contribution is -2.54. The van der Waals surface area contributed by atoms with Crippen LogP contribution in [-0.2, 0) is 11.3 Å². The fourth-order valence-electron chi connectivity index (χ4n) is 4.51. The summed E-state index contributed by atoms with van der Waals surface area (Å²) in [5.74, 6) is 0.693. The minimum atomic E-state index is -0.182. The predicted octanol–water partition coefficient (Wildman–Crippen LogP) is 2.61. The molecule has 0 saturated carbocycles. The van der Waals surface area contributed by atoms with Crippen LogP contribution in [0.15, 0.2) is 24.3 Å². The minimum Gasteiger partial charge on any atom is -0.396 e. The van der Waals surface area contributed by atoms with Gasteiger partial charge < -0.3 is 10.0 Å². The Morgan fingerprint density at radius 3 is 2.69 bits per heavy atom. The second-order valence-corrected chi connectivity index (χ2v) is 8.54.